The third kappa shape index (κ3) is 2.76. The van der Waals surface area contributed by atoms with E-state index in [9.17, 15) is 0 Å². The quantitative estimate of drug-likeness (QED) is 0.264. The third-order valence-electron chi connectivity index (χ3n) is 6.72. The van der Waals surface area contributed by atoms with Crippen LogP contribution in [-0.4, -0.2) is 8.97 Å². The molecule has 7 aromatic rings. The minimum Gasteiger partial charge on any atom is -0.314 e. The van der Waals surface area contributed by atoms with Gasteiger partial charge in [-0.2, -0.15) is 0 Å². The number of aromatic nitrogens is 2. The summed E-state index contributed by atoms with van der Waals surface area (Å²) in [6.45, 7) is 0. The minimum absolute atomic E-state index is 1.17. The van der Waals surface area contributed by atoms with Crippen LogP contribution in [0.5, 0.6) is 0 Å². The Kier molecular flexibility index (Phi) is 4.18. The van der Waals surface area contributed by atoms with Gasteiger partial charge in [-0.1, -0.05) is 97.1 Å². The number of benzene rings is 4. The maximum atomic E-state index is 2.44. The van der Waals surface area contributed by atoms with Crippen molar-refractivity contribution in [3.8, 4) is 27.9 Å². The fourth-order valence-electron chi connectivity index (χ4n) is 5.27. The van der Waals surface area contributed by atoms with Crippen LogP contribution in [0, 0.1) is 0 Å². The Bertz CT molecular complexity index is 1790. The summed E-state index contributed by atoms with van der Waals surface area (Å²) in [6.07, 6.45) is 2.18. The van der Waals surface area contributed by atoms with Gasteiger partial charge < -0.3 is 8.97 Å². The Morgan fingerprint density at radius 1 is 0.441 bits per heavy atom. The predicted molar refractivity (Wildman–Crippen MR) is 143 cm³/mol. The second-order valence-corrected chi connectivity index (χ2v) is 8.66. The van der Waals surface area contributed by atoms with Crippen molar-refractivity contribution in [3.63, 3.8) is 0 Å². The van der Waals surface area contributed by atoms with Crippen molar-refractivity contribution in [3.05, 3.63) is 134 Å². The Morgan fingerprint density at radius 2 is 1.09 bits per heavy atom. The highest BCUT2D eigenvalue weighted by Crippen LogP contribution is 2.42. The summed E-state index contributed by atoms with van der Waals surface area (Å²) in [5.74, 6) is 0. The largest absolute Gasteiger partial charge is 0.314 e. The molecule has 3 aromatic heterocycles. The first kappa shape index (κ1) is 19.0. The van der Waals surface area contributed by atoms with Gasteiger partial charge in [0.25, 0.3) is 0 Å². The molecule has 2 heteroatoms. The fraction of sp³-hybridized carbons (Fsp3) is 0. The van der Waals surface area contributed by atoms with Crippen molar-refractivity contribution in [2.45, 2.75) is 0 Å². The molecule has 0 N–H and O–H groups in total. The highest BCUT2D eigenvalue weighted by Gasteiger charge is 2.22. The number of nitrogens with zero attached hydrogens (tertiary/aromatic N) is 2. The first-order valence-electron chi connectivity index (χ1n) is 11.6. The maximum Gasteiger partial charge on any atom is 0.0809 e. The molecular formula is C32H22N2. The molecule has 0 amide bonds. The summed E-state index contributed by atoms with van der Waals surface area (Å²) >= 11 is 0. The SMILES string of the molecule is c1ccc(-c2cccc(-n3c4ccccc4c4c3c(-c3ccccc3)c3ccccn34)c2)cc1. The predicted octanol–water partition coefficient (Wildman–Crippen LogP) is 8.37. The van der Waals surface area contributed by atoms with Crippen molar-refractivity contribution in [1.29, 1.82) is 0 Å². The average molecular weight is 435 g/mol. The second kappa shape index (κ2) is 7.50. The zero-order chi connectivity index (χ0) is 22.5. The lowest BCUT2D eigenvalue weighted by Crippen LogP contribution is -1.95. The molecule has 34 heavy (non-hydrogen) atoms. The molecule has 0 aliphatic rings. The van der Waals surface area contributed by atoms with E-state index in [-0.39, 0.29) is 0 Å². The lowest BCUT2D eigenvalue weighted by Gasteiger charge is -2.12. The molecule has 2 nitrogen and oxygen atoms in total. The lowest BCUT2D eigenvalue weighted by atomic mass is 10.0. The van der Waals surface area contributed by atoms with E-state index in [0.29, 0.717) is 0 Å². The summed E-state index contributed by atoms with van der Waals surface area (Å²) in [4.78, 5) is 0. The Labute approximate surface area is 198 Å². The summed E-state index contributed by atoms with van der Waals surface area (Å²) in [5, 5.41) is 1.26. The van der Waals surface area contributed by atoms with E-state index < -0.39 is 0 Å². The molecule has 0 unspecified atom stereocenters. The van der Waals surface area contributed by atoms with Gasteiger partial charge in [0, 0.05) is 22.8 Å². The molecule has 4 aromatic carbocycles. The number of hydrogen-bond donors (Lipinski definition) is 0. The first-order chi connectivity index (χ1) is 16.9. The molecule has 0 aliphatic heterocycles. The van der Waals surface area contributed by atoms with E-state index in [4.69, 9.17) is 0 Å². The molecular weight excluding hydrogens is 412 g/mol. The summed E-state index contributed by atoms with van der Waals surface area (Å²) < 4.78 is 4.78. The number of fused-ring (bicyclic) bond motifs is 5. The number of rotatable bonds is 3. The Balaban J connectivity index is 1.65. The number of pyridine rings is 1. The van der Waals surface area contributed by atoms with Crippen LogP contribution in [0.25, 0.3) is 55.4 Å². The number of para-hydroxylation sites is 1. The summed E-state index contributed by atoms with van der Waals surface area (Å²) in [6, 6.07) is 45.4. The fourth-order valence-corrected chi connectivity index (χ4v) is 5.27. The number of hydrogen-bond acceptors (Lipinski definition) is 0. The molecule has 0 atom stereocenters. The van der Waals surface area contributed by atoms with Crippen molar-refractivity contribution in [1.82, 2.24) is 8.97 Å². The van der Waals surface area contributed by atoms with Crippen LogP contribution in [0.1, 0.15) is 0 Å². The van der Waals surface area contributed by atoms with Crippen molar-refractivity contribution in [2.24, 2.45) is 0 Å². The van der Waals surface area contributed by atoms with Gasteiger partial charge >= 0.3 is 0 Å². The lowest BCUT2D eigenvalue weighted by molar-refractivity contribution is 1.18. The molecule has 0 radical (unpaired) electrons. The van der Waals surface area contributed by atoms with Gasteiger partial charge in [0.1, 0.15) is 0 Å². The zero-order valence-corrected chi connectivity index (χ0v) is 18.6. The van der Waals surface area contributed by atoms with Crippen LogP contribution in [-0.2, 0) is 0 Å². The van der Waals surface area contributed by atoms with Gasteiger partial charge in [0.15, 0.2) is 0 Å². The molecule has 0 bridgehead atoms. The Morgan fingerprint density at radius 3 is 1.91 bits per heavy atom. The first-order valence-corrected chi connectivity index (χ1v) is 11.6. The molecule has 0 fully saturated rings. The van der Waals surface area contributed by atoms with E-state index in [2.05, 4.69) is 143 Å². The monoisotopic (exact) mass is 434 g/mol. The van der Waals surface area contributed by atoms with Gasteiger partial charge in [-0.3, -0.25) is 0 Å². The van der Waals surface area contributed by atoms with Crippen LogP contribution in [0.2, 0.25) is 0 Å². The minimum atomic E-state index is 1.17. The molecule has 7 rings (SSSR count). The van der Waals surface area contributed by atoms with Crippen LogP contribution >= 0.6 is 0 Å². The second-order valence-electron chi connectivity index (χ2n) is 8.66. The molecule has 3 heterocycles. The van der Waals surface area contributed by atoms with Gasteiger partial charge in [-0.15, -0.1) is 0 Å². The van der Waals surface area contributed by atoms with Crippen LogP contribution < -0.4 is 0 Å². The normalized spacial score (nSPS) is 11.5. The molecule has 160 valence electrons. The van der Waals surface area contributed by atoms with Gasteiger partial charge in [-0.25, -0.2) is 0 Å². The molecule has 0 spiro atoms. The zero-order valence-electron chi connectivity index (χ0n) is 18.6. The summed E-state index contributed by atoms with van der Waals surface area (Å²) in [5.41, 5.74) is 11.0. The topological polar surface area (TPSA) is 9.34 Å². The van der Waals surface area contributed by atoms with Crippen LogP contribution in [0.3, 0.4) is 0 Å². The summed E-state index contributed by atoms with van der Waals surface area (Å²) in [7, 11) is 0. The highest BCUT2D eigenvalue weighted by atomic mass is 15.0. The average Bonchev–Trinajstić information content (AvgIpc) is 3.42. The van der Waals surface area contributed by atoms with E-state index in [1.165, 1.54) is 55.4 Å². The van der Waals surface area contributed by atoms with Gasteiger partial charge in [0.05, 0.1) is 22.1 Å². The molecule has 0 saturated carbocycles. The van der Waals surface area contributed by atoms with Crippen molar-refractivity contribution in [2.75, 3.05) is 0 Å². The van der Waals surface area contributed by atoms with E-state index in [0.717, 1.165) is 0 Å². The standard InChI is InChI=1S/C32H22N2/c1-3-12-23(13-4-1)25-16-11-17-26(22-25)34-28-19-8-7-18-27(28)31-32(34)30(24-14-5-2-6-15-24)29-20-9-10-21-33(29)31/h1-22H. The Hall–Kier alpha value is -4.56. The molecule has 0 aliphatic carbocycles. The van der Waals surface area contributed by atoms with E-state index in [1.807, 2.05) is 0 Å². The molecule has 0 saturated heterocycles. The smallest absolute Gasteiger partial charge is 0.0809 e. The van der Waals surface area contributed by atoms with E-state index >= 15 is 0 Å². The third-order valence-corrected chi connectivity index (χ3v) is 6.72. The maximum absolute atomic E-state index is 2.44. The van der Waals surface area contributed by atoms with Gasteiger partial charge in [-0.05, 0) is 47.0 Å². The van der Waals surface area contributed by atoms with E-state index in [1.54, 1.807) is 0 Å². The van der Waals surface area contributed by atoms with Gasteiger partial charge in [0.2, 0.25) is 0 Å². The van der Waals surface area contributed by atoms with Crippen LogP contribution in [0.15, 0.2) is 134 Å². The highest BCUT2D eigenvalue weighted by molar-refractivity contribution is 6.17. The van der Waals surface area contributed by atoms with Crippen molar-refractivity contribution < 1.29 is 0 Å². The van der Waals surface area contributed by atoms with Crippen LogP contribution in [0.4, 0.5) is 0 Å². The van der Waals surface area contributed by atoms with Crippen molar-refractivity contribution >= 4 is 27.5 Å².